The van der Waals surface area contributed by atoms with Crippen LogP contribution in [-0.4, -0.2) is 19.0 Å². The van der Waals surface area contributed by atoms with Gasteiger partial charge in [0.1, 0.15) is 0 Å². The van der Waals surface area contributed by atoms with Crippen molar-refractivity contribution >= 4 is 17.3 Å². The van der Waals surface area contributed by atoms with Gasteiger partial charge in [-0.15, -0.1) is 0 Å². The summed E-state index contributed by atoms with van der Waals surface area (Å²) in [5, 5.41) is 2.88. The molecule has 2 aromatic rings. The number of alkyl halides is 3. The summed E-state index contributed by atoms with van der Waals surface area (Å²) in [6, 6.07) is 12.3. The second-order valence-corrected chi connectivity index (χ2v) is 6.13. The van der Waals surface area contributed by atoms with Gasteiger partial charge in [-0.3, -0.25) is 4.79 Å². The predicted octanol–water partition coefficient (Wildman–Crippen LogP) is 4.49. The van der Waals surface area contributed by atoms with E-state index in [0.717, 1.165) is 49.4 Å². The summed E-state index contributed by atoms with van der Waals surface area (Å²) in [4.78, 5) is 14.5. The molecule has 1 saturated heterocycles. The van der Waals surface area contributed by atoms with Crippen molar-refractivity contribution in [2.24, 2.45) is 0 Å². The molecular weight excluding hydrogens is 329 g/mol. The lowest BCUT2D eigenvalue weighted by atomic mass is 10.1. The van der Waals surface area contributed by atoms with E-state index in [1.165, 1.54) is 12.1 Å². The zero-order valence-corrected chi connectivity index (χ0v) is 13.6. The van der Waals surface area contributed by atoms with Crippen LogP contribution in [0.3, 0.4) is 0 Å². The molecule has 0 atom stereocenters. The Morgan fingerprint density at radius 3 is 2.28 bits per heavy atom. The van der Waals surface area contributed by atoms with Gasteiger partial charge in [0.25, 0.3) is 0 Å². The number of benzene rings is 2. The van der Waals surface area contributed by atoms with Crippen LogP contribution in [0.25, 0.3) is 0 Å². The Morgan fingerprint density at radius 2 is 1.64 bits per heavy atom. The van der Waals surface area contributed by atoms with Gasteiger partial charge in [0.05, 0.1) is 23.4 Å². The number of nitrogens with zero attached hydrogens (tertiary/aromatic N) is 1. The topological polar surface area (TPSA) is 32.3 Å². The van der Waals surface area contributed by atoms with E-state index in [1.54, 1.807) is 0 Å². The first-order valence-corrected chi connectivity index (χ1v) is 8.23. The van der Waals surface area contributed by atoms with Gasteiger partial charge in [-0.2, -0.15) is 13.2 Å². The minimum absolute atomic E-state index is 0.0342. The van der Waals surface area contributed by atoms with Gasteiger partial charge >= 0.3 is 6.18 Å². The summed E-state index contributed by atoms with van der Waals surface area (Å²) in [7, 11) is 0. The Morgan fingerprint density at radius 1 is 1.00 bits per heavy atom. The minimum Gasteiger partial charge on any atom is -0.370 e. The molecule has 3 nitrogen and oxygen atoms in total. The van der Waals surface area contributed by atoms with E-state index in [2.05, 4.69) is 10.2 Å². The summed E-state index contributed by atoms with van der Waals surface area (Å²) < 4.78 is 37.7. The number of anilines is 2. The van der Waals surface area contributed by atoms with Crippen molar-refractivity contribution in [1.29, 1.82) is 0 Å². The van der Waals surface area contributed by atoms with Crippen LogP contribution in [0.5, 0.6) is 0 Å². The van der Waals surface area contributed by atoms with Crippen molar-refractivity contribution in [3.8, 4) is 0 Å². The molecule has 25 heavy (non-hydrogen) atoms. The number of carbonyl (C=O) groups excluding carboxylic acids is 1. The van der Waals surface area contributed by atoms with Gasteiger partial charge in [0, 0.05) is 13.1 Å². The standard InChI is InChI=1S/C19H19F3N2O/c20-19(21,22)15-9-7-14(8-10-15)13-18(25)23-16-5-1-2-6-17(16)24-11-3-4-12-24/h1-2,5-10H,3-4,11-13H2,(H,23,25). The maximum Gasteiger partial charge on any atom is 0.416 e. The molecule has 1 fully saturated rings. The van der Waals surface area contributed by atoms with Crippen LogP contribution in [0.1, 0.15) is 24.0 Å². The average Bonchev–Trinajstić information content (AvgIpc) is 3.09. The Hall–Kier alpha value is -2.50. The fourth-order valence-corrected chi connectivity index (χ4v) is 3.00. The predicted molar refractivity (Wildman–Crippen MR) is 91.7 cm³/mol. The Labute approximate surface area is 144 Å². The number of rotatable bonds is 4. The van der Waals surface area contributed by atoms with Crippen molar-refractivity contribution in [3.63, 3.8) is 0 Å². The molecule has 6 heteroatoms. The lowest BCUT2D eigenvalue weighted by Crippen LogP contribution is -2.21. The molecule has 1 N–H and O–H groups in total. The van der Waals surface area contributed by atoms with Crippen molar-refractivity contribution in [2.75, 3.05) is 23.3 Å². The van der Waals surface area contributed by atoms with Gasteiger partial charge < -0.3 is 10.2 Å². The second kappa shape index (κ2) is 7.17. The maximum atomic E-state index is 12.6. The van der Waals surface area contributed by atoms with Crippen molar-refractivity contribution in [2.45, 2.75) is 25.4 Å². The van der Waals surface area contributed by atoms with Crippen LogP contribution < -0.4 is 10.2 Å². The molecule has 0 unspecified atom stereocenters. The summed E-state index contributed by atoms with van der Waals surface area (Å²) >= 11 is 0. The van der Waals surface area contributed by atoms with Crippen molar-refractivity contribution in [1.82, 2.24) is 0 Å². The molecule has 0 bridgehead atoms. The number of hydrogen-bond donors (Lipinski definition) is 1. The van der Waals surface area contributed by atoms with E-state index < -0.39 is 11.7 Å². The summed E-state index contributed by atoms with van der Waals surface area (Å²) in [5.74, 6) is -0.244. The molecule has 0 aromatic heterocycles. The van der Waals surface area contributed by atoms with Gasteiger partial charge in [0.15, 0.2) is 0 Å². The second-order valence-electron chi connectivity index (χ2n) is 6.13. The third-order valence-corrected chi connectivity index (χ3v) is 4.27. The highest BCUT2D eigenvalue weighted by Crippen LogP contribution is 2.30. The number of carbonyl (C=O) groups is 1. The van der Waals surface area contributed by atoms with E-state index in [1.807, 2.05) is 24.3 Å². The molecule has 0 radical (unpaired) electrons. The molecule has 1 aliphatic heterocycles. The Kier molecular flexibility index (Phi) is 4.97. The summed E-state index contributed by atoms with van der Waals surface area (Å²) in [5.41, 5.74) is 1.56. The van der Waals surface area contributed by atoms with Crippen LogP contribution in [0.4, 0.5) is 24.5 Å². The van der Waals surface area contributed by atoms with Crippen LogP contribution >= 0.6 is 0 Å². The molecule has 1 heterocycles. The van der Waals surface area contributed by atoms with Crippen LogP contribution in [0.15, 0.2) is 48.5 Å². The van der Waals surface area contributed by atoms with Crippen LogP contribution in [-0.2, 0) is 17.4 Å². The van der Waals surface area contributed by atoms with Gasteiger partial charge in [0.2, 0.25) is 5.91 Å². The number of nitrogens with one attached hydrogen (secondary N) is 1. The normalized spacial score (nSPS) is 14.6. The molecule has 0 aliphatic carbocycles. The highest BCUT2D eigenvalue weighted by molar-refractivity contribution is 5.95. The van der Waals surface area contributed by atoms with E-state index in [-0.39, 0.29) is 12.3 Å². The lowest BCUT2D eigenvalue weighted by molar-refractivity contribution is -0.137. The van der Waals surface area contributed by atoms with E-state index in [9.17, 15) is 18.0 Å². The molecule has 1 aliphatic rings. The van der Waals surface area contributed by atoms with E-state index in [0.29, 0.717) is 5.56 Å². The zero-order valence-electron chi connectivity index (χ0n) is 13.6. The third-order valence-electron chi connectivity index (χ3n) is 4.27. The molecular formula is C19H19F3N2O. The number of halogens is 3. The Bertz CT molecular complexity index is 735. The van der Waals surface area contributed by atoms with Crippen molar-refractivity contribution in [3.05, 3.63) is 59.7 Å². The first-order valence-electron chi connectivity index (χ1n) is 8.23. The van der Waals surface area contributed by atoms with E-state index >= 15 is 0 Å². The first-order chi connectivity index (χ1) is 11.9. The number of hydrogen-bond acceptors (Lipinski definition) is 2. The lowest BCUT2D eigenvalue weighted by Gasteiger charge is -2.21. The number of amides is 1. The molecule has 2 aromatic carbocycles. The fourth-order valence-electron chi connectivity index (χ4n) is 3.00. The Balaban J connectivity index is 1.67. The smallest absolute Gasteiger partial charge is 0.370 e. The van der Waals surface area contributed by atoms with Gasteiger partial charge in [-0.05, 0) is 42.7 Å². The molecule has 132 valence electrons. The SMILES string of the molecule is O=C(Cc1ccc(C(F)(F)F)cc1)Nc1ccccc1N1CCCC1. The quantitative estimate of drug-likeness (QED) is 0.883. The highest BCUT2D eigenvalue weighted by atomic mass is 19.4. The van der Waals surface area contributed by atoms with Gasteiger partial charge in [-0.1, -0.05) is 24.3 Å². The van der Waals surface area contributed by atoms with Crippen LogP contribution in [0.2, 0.25) is 0 Å². The molecule has 3 rings (SSSR count). The molecule has 0 saturated carbocycles. The number of para-hydroxylation sites is 2. The molecule has 0 spiro atoms. The monoisotopic (exact) mass is 348 g/mol. The third kappa shape index (κ3) is 4.32. The van der Waals surface area contributed by atoms with Crippen molar-refractivity contribution < 1.29 is 18.0 Å². The highest BCUT2D eigenvalue weighted by Gasteiger charge is 2.30. The minimum atomic E-state index is -4.37. The first kappa shape index (κ1) is 17.3. The maximum absolute atomic E-state index is 12.6. The van der Waals surface area contributed by atoms with Gasteiger partial charge in [-0.25, -0.2) is 0 Å². The largest absolute Gasteiger partial charge is 0.416 e. The fraction of sp³-hybridized carbons (Fsp3) is 0.316. The summed E-state index contributed by atoms with van der Waals surface area (Å²) in [6.45, 7) is 1.93. The zero-order chi connectivity index (χ0) is 17.9. The molecule has 1 amide bonds. The van der Waals surface area contributed by atoms with Crippen LogP contribution in [0, 0.1) is 0 Å². The summed E-state index contributed by atoms with van der Waals surface area (Å²) in [6.07, 6.45) is -2.07. The average molecular weight is 348 g/mol. The van der Waals surface area contributed by atoms with E-state index in [4.69, 9.17) is 0 Å².